The van der Waals surface area contributed by atoms with Gasteiger partial charge in [-0.05, 0) is 12.5 Å². The molecule has 100 valence electrons. The summed E-state index contributed by atoms with van der Waals surface area (Å²) in [6.07, 6.45) is 4.19. The zero-order valence-electron chi connectivity index (χ0n) is 10.5. The van der Waals surface area contributed by atoms with E-state index in [1.807, 2.05) is 6.92 Å². The maximum absolute atomic E-state index is 11.8. The van der Waals surface area contributed by atoms with Crippen LogP contribution in [0, 0.1) is 0 Å². The van der Waals surface area contributed by atoms with Crippen molar-refractivity contribution in [2.45, 2.75) is 32.4 Å². The van der Waals surface area contributed by atoms with Crippen LogP contribution >= 0.6 is 0 Å². The Bertz CT molecular complexity index is 389. The molecular formula is C12H18N2O4. The van der Waals surface area contributed by atoms with Crippen molar-refractivity contribution in [2.24, 2.45) is 0 Å². The Kier molecular flexibility index (Phi) is 5.23. The van der Waals surface area contributed by atoms with Gasteiger partial charge in [-0.15, -0.1) is 0 Å². The Balaban J connectivity index is 2.50. The molecule has 1 atom stereocenters. The second-order valence-corrected chi connectivity index (χ2v) is 4.12. The van der Waals surface area contributed by atoms with Gasteiger partial charge in [0, 0.05) is 12.6 Å². The zero-order valence-corrected chi connectivity index (χ0v) is 10.5. The highest BCUT2D eigenvalue weighted by molar-refractivity contribution is 5.82. The summed E-state index contributed by atoms with van der Waals surface area (Å²) in [5.41, 5.74) is 0.856. The second kappa shape index (κ2) is 6.68. The smallest absolute Gasteiger partial charge is 0.326 e. The molecule has 2 amide bonds. The van der Waals surface area contributed by atoms with Crippen LogP contribution in [-0.4, -0.2) is 35.1 Å². The Morgan fingerprint density at radius 1 is 1.56 bits per heavy atom. The Labute approximate surface area is 106 Å². The number of carbonyl (C=O) groups excluding carboxylic acids is 1. The first-order valence-corrected chi connectivity index (χ1v) is 5.80. The first-order valence-electron chi connectivity index (χ1n) is 5.80. The second-order valence-electron chi connectivity index (χ2n) is 4.12. The predicted molar refractivity (Wildman–Crippen MR) is 65.0 cm³/mol. The van der Waals surface area contributed by atoms with E-state index in [9.17, 15) is 9.59 Å². The maximum atomic E-state index is 11.8. The molecule has 6 nitrogen and oxygen atoms in total. The van der Waals surface area contributed by atoms with E-state index >= 15 is 0 Å². The van der Waals surface area contributed by atoms with Crippen LogP contribution in [0.25, 0.3) is 0 Å². The van der Waals surface area contributed by atoms with Gasteiger partial charge in [0.15, 0.2) is 0 Å². The quantitative estimate of drug-likeness (QED) is 0.809. The van der Waals surface area contributed by atoms with Crippen LogP contribution in [0.2, 0.25) is 0 Å². The number of urea groups is 1. The molecule has 18 heavy (non-hydrogen) atoms. The third-order valence-corrected chi connectivity index (χ3v) is 2.52. The molecule has 0 radical (unpaired) electrons. The Morgan fingerprint density at radius 2 is 2.28 bits per heavy atom. The number of hydrogen-bond acceptors (Lipinski definition) is 3. The molecule has 0 spiro atoms. The first-order chi connectivity index (χ1) is 8.54. The van der Waals surface area contributed by atoms with Gasteiger partial charge in [0.1, 0.15) is 6.04 Å². The summed E-state index contributed by atoms with van der Waals surface area (Å²) in [6, 6.07) is 0.510. The molecule has 0 saturated heterocycles. The summed E-state index contributed by atoms with van der Waals surface area (Å²) in [7, 11) is 1.60. The van der Waals surface area contributed by atoms with Crippen molar-refractivity contribution >= 4 is 12.0 Å². The number of amides is 2. The molecule has 0 bridgehead atoms. The lowest BCUT2D eigenvalue weighted by Gasteiger charge is -2.20. The highest BCUT2D eigenvalue weighted by Crippen LogP contribution is 2.05. The number of carboxylic acid groups (broad SMARTS) is 1. The van der Waals surface area contributed by atoms with Crippen LogP contribution in [0.15, 0.2) is 23.0 Å². The van der Waals surface area contributed by atoms with Crippen LogP contribution in [0.5, 0.6) is 0 Å². The largest absolute Gasteiger partial charge is 0.480 e. The molecule has 0 aromatic carbocycles. The lowest BCUT2D eigenvalue weighted by molar-refractivity contribution is -0.139. The van der Waals surface area contributed by atoms with Crippen LogP contribution in [0.4, 0.5) is 4.79 Å². The van der Waals surface area contributed by atoms with E-state index in [1.165, 1.54) is 11.2 Å². The van der Waals surface area contributed by atoms with Crippen molar-refractivity contribution < 1.29 is 19.1 Å². The summed E-state index contributed by atoms with van der Waals surface area (Å²) in [5.74, 6) is -1.01. The van der Waals surface area contributed by atoms with Gasteiger partial charge in [-0.1, -0.05) is 13.3 Å². The summed E-state index contributed by atoms with van der Waals surface area (Å²) < 4.78 is 4.90. The third-order valence-electron chi connectivity index (χ3n) is 2.52. The summed E-state index contributed by atoms with van der Waals surface area (Å²) in [4.78, 5) is 24.1. The topological polar surface area (TPSA) is 82.8 Å². The number of aliphatic carboxylic acids is 1. The van der Waals surface area contributed by atoms with E-state index in [1.54, 1.807) is 19.4 Å². The molecular weight excluding hydrogens is 236 g/mol. The van der Waals surface area contributed by atoms with Crippen molar-refractivity contribution in [3.8, 4) is 0 Å². The van der Waals surface area contributed by atoms with Gasteiger partial charge in [0.05, 0.1) is 19.1 Å². The molecule has 1 heterocycles. The van der Waals surface area contributed by atoms with Crippen LogP contribution in [-0.2, 0) is 11.3 Å². The van der Waals surface area contributed by atoms with Gasteiger partial charge in [-0.3, -0.25) is 0 Å². The van der Waals surface area contributed by atoms with Gasteiger partial charge in [-0.25, -0.2) is 9.59 Å². The fourth-order valence-electron chi connectivity index (χ4n) is 1.53. The van der Waals surface area contributed by atoms with Crippen LogP contribution < -0.4 is 5.32 Å². The Hall–Kier alpha value is -1.98. The summed E-state index contributed by atoms with van der Waals surface area (Å²) in [6.45, 7) is 2.25. The number of furan rings is 1. The molecule has 0 aliphatic carbocycles. The van der Waals surface area contributed by atoms with Crippen LogP contribution in [0.1, 0.15) is 25.3 Å². The average molecular weight is 254 g/mol. The number of nitrogens with zero attached hydrogens (tertiary/aromatic N) is 1. The highest BCUT2D eigenvalue weighted by Gasteiger charge is 2.20. The van der Waals surface area contributed by atoms with Crippen LogP contribution in [0.3, 0.4) is 0 Å². The van der Waals surface area contributed by atoms with E-state index in [-0.39, 0.29) is 0 Å². The standard InChI is InChI=1S/C12H18N2O4/c1-3-4-10(11(15)16)13-12(17)14(2)7-9-5-6-18-8-9/h5-6,8,10H,3-4,7H2,1-2H3,(H,13,17)(H,15,16). The third kappa shape index (κ3) is 4.12. The first kappa shape index (κ1) is 14.1. The van der Waals surface area contributed by atoms with E-state index in [4.69, 9.17) is 9.52 Å². The molecule has 2 N–H and O–H groups in total. The van der Waals surface area contributed by atoms with Gasteiger partial charge >= 0.3 is 12.0 Å². The molecule has 0 saturated carbocycles. The number of carboxylic acids is 1. The van der Waals surface area contributed by atoms with E-state index in [0.717, 1.165) is 5.56 Å². The number of hydrogen-bond donors (Lipinski definition) is 2. The number of carbonyl (C=O) groups is 2. The maximum Gasteiger partial charge on any atom is 0.326 e. The molecule has 6 heteroatoms. The van der Waals surface area contributed by atoms with Crippen molar-refractivity contribution in [3.63, 3.8) is 0 Å². The average Bonchev–Trinajstić information content (AvgIpc) is 2.80. The van der Waals surface area contributed by atoms with Crippen molar-refractivity contribution in [2.75, 3.05) is 7.05 Å². The molecule has 1 aromatic rings. The van der Waals surface area contributed by atoms with Gasteiger partial charge in [0.2, 0.25) is 0 Å². The normalized spacial score (nSPS) is 11.9. The minimum Gasteiger partial charge on any atom is -0.480 e. The SMILES string of the molecule is CCCC(NC(=O)N(C)Cc1ccoc1)C(=O)O. The van der Waals surface area contributed by atoms with Crippen molar-refractivity contribution in [1.29, 1.82) is 0 Å². The fraction of sp³-hybridized carbons (Fsp3) is 0.500. The molecule has 0 fully saturated rings. The minimum absolute atomic E-state index is 0.376. The fourth-order valence-corrected chi connectivity index (χ4v) is 1.53. The van der Waals surface area contributed by atoms with E-state index < -0.39 is 18.0 Å². The van der Waals surface area contributed by atoms with Crippen molar-refractivity contribution in [1.82, 2.24) is 10.2 Å². The summed E-state index contributed by atoms with van der Waals surface area (Å²) >= 11 is 0. The predicted octanol–water partition coefficient (Wildman–Crippen LogP) is 1.67. The molecule has 1 unspecified atom stereocenters. The summed E-state index contributed by atoms with van der Waals surface area (Å²) in [5, 5.41) is 11.4. The highest BCUT2D eigenvalue weighted by atomic mass is 16.4. The van der Waals surface area contributed by atoms with Gasteiger partial charge < -0.3 is 19.7 Å². The van der Waals surface area contributed by atoms with E-state index in [0.29, 0.717) is 19.4 Å². The zero-order chi connectivity index (χ0) is 13.5. The number of nitrogens with one attached hydrogen (secondary N) is 1. The Morgan fingerprint density at radius 3 is 2.78 bits per heavy atom. The molecule has 1 rings (SSSR count). The lowest BCUT2D eigenvalue weighted by atomic mass is 10.2. The molecule has 1 aromatic heterocycles. The lowest BCUT2D eigenvalue weighted by Crippen LogP contribution is -2.46. The molecule has 0 aliphatic heterocycles. The van der Waals surface area contributed by atoms with Crippen molar-refractivity contribution in [3.05, 3.63) is 24.2 Å². The minimum atomic E-state index is -1.01. The monoisotopic (exact) mass is 254 g/mol. The molecule has 0 aliphatic rings. The van der Waals surface area contributed by atoms with Gasteiger partial charge in [-0.2, -0.15) is 0 Å². The van der Waals surface area contributed by atoms with Gasteiger partial charge in [0.25, 0.3) is 0 Å². The van der Waals surface area contributed by atoms with E-state index in [2.05, 4.69) is 5.32 Å². The number of rotatable bonds is 6.